The van der Waals surface area contributed by atoms with E-state index in [9.17, 15) is 4.79 Å². The number of amides is 1. The van der Waals surface area contributed by atoms with Crippen LogP contribution in [0.4, 0.5) is 5.69 Å². The van der Waals surface area contributed by atoms with Crippen molar-refractivity contribution in [3.05, 3.63) is 59.2 Å². The van der Waals surface area contributed by atoms with Gasteiger partial charge in [0, 0.05) is 17.3 Å². The van der Waals surface area contributed by atoms with Gasteiger partial charge >= 0.3 is 0 Å². The zero-order valence-electron chi connectivity index (χ0n) is 13.3. The number of hydrogen-bond acceptors (Lipinski definition) is 2. The summed E-state index contributed by atoms with van der Waals surface area (Å²) in [5.74, 6) is 0.900. The quantitative estimate of drug-likeness (QED) is 0.857. The molecule has 114 valence electrons. The van der Waals surface area contributed by atoms with Gasteiger partial charge in [0.25, 0.3) is 5.91 Å². The molecule has 0 spiro atoms. The average molecular weight is 295 g/mol. The summed E-state index contributed by atoms with van der Waals surface area (Å²) in [7, 11) is 0. The zero-order chi connectivity index (χ0) is 15.7. The second-order valence-corrected chi connectivity index (χ2v) is 5.77. The van der Waals surface area contributed by atoms with Crippen molar-refractivity contribution in [1.82, 2.24) is 0 Å². The molecule has 1 aliphatic heterocycles. The normalized spacial score (nSPS) is 16.5. The number of anilines is 1. The summed E-state index contributed by atoms with van der Waals surface area (Å²) >= 11 is 0. The molecule has 1 aliphatic rings. The minimum Gasteiger partial charge on any atom is -0.494 e. The molecule has 0 unspecified atom stereocenters. The third kappa shape index (κ3) is 2.47. The number of aryl methyl sites for hydroxylation is 1. The topological polar surface area (TPSA) is 29.5 Å². The Kier molecular flexibility index (Phi) is 3.88. The molecule has 0 radical (unpaired) electrons. The van der Waals surface area contributed by atoms with E-state index in [2.05, 4.69) is 13.0 Å². The second kappa shape index (κ2) is 5.84. The number of ether oxygens (including phenoxy) is 1. The van der Waals surface area contributed by atoms with Crippen LogP contribution < -0.4 is 9.64 Å². The standard InChI is InChI=1S/C19H21NO2/c1-4-22-18-10-9-16(11-13(18)2)19(21)20-14(3)12-15-7-5-6-8-17(15)20/h5-11,14H,4,12H2,1-3H3/t14-/m1/s1. The fourth-order valence-corrected chi connectivity index (χ4v) is 3.11. The third-order valence-corrected chi connectivity index (χ3v) is 4.15. The molecular formula is C19H21NO2. The van der Waals surface area contributed by atoms with Gasteiger partial charge in [-0.15, -0.1) is 0 Å². The molecular weight excluding hydrogens is 274 g/mol. The van der Waals surface area contributed by atoms with E-state index in [0.717, 1.165) is 23.4 Å². The number of carbonyl (C=O) groups is 1. The molecule has 1 amide bonds. The lowest BCUT2D eigenvalue weighted by molar-refractivity contribution is 0.0981. The van der Waals surface area contributed by atoms with Crippen LogP contribution in [0.2, 0.25) is 0 Å². The summed E-state index contributed by atoms with van der Waals surface area (Å²) in [6.45, 7) is 6.66. The molecule has 3 heteroatoms. The molecule has 0 aromatic heterocycles. The van der Waals surface area contributed by atoms with Gasteiger partial charge < -0.3 is 9.64 Å². The van der Waals surface area contributed by atoms with Gasteiger partial charge in [-0.3, -0.25) is 4.79 Å². The van der Waals surface area contributed by atoms with Crippen LogP contribution in [0, 0.1) is 6.92 Å². The largest absolute Gasteiger partial charge is 0.494 e. The summed E-state index contributed by atoms with van der Waals surface area (Å²) in [6, 6.07) is 14.0. The first-order chi connectivity index (χ1) is 10.6. The number of nitrogens with zero attached hydrogens (tertiary/aromatic N) is 1. The average Bonchev–Trinajstić information content (AvgIpc) is 2.84. The van der Waals surface area contributed by atoms with Gasteiger partial charge in [-0.2, -0.15) is 0 Å². The number of benzene rings is 2. The van der Waals surface area contributed by atoms with Crippen LogP contribution in [0.15, 0.2) is 42.5 Å². The highest BCUT2D eigenvalue weighted by Gasteiger charge is 2.31. The Labute approximate surface area is 131 Å². The first kappa shape index (κ1) is 14.6. The molecule has 3 rings (SSSR count). The molecule has 0 saturated heterocycles. The number of fused-ring (bicyclic) bond motifs is 1. The Morgan fingerprint density at radius 1 is 1.27 bits per heavy atom. The summed E-state index contributed by atoms with van der Waals surface area (Å²) < 4.78 is 5.55. The Balaban J connectivity index is 1.93. The van der Waals surface area contributed by atoms with E-state index in [0.29, 0.717) is 12.2 Å². The number of hydrogen-bond donors (Lipinski definition) is 0. The summed E-state index contributed by atoms with van der Waals surface area (Å²) in [5.41, 5.74) is 3.98. The lowest BCUT2D eigenvalue weighted by Crippen LogP contribution is -2.35. The summed E-state index contributed by atoms with van der Waals surface area (Å²) in [4.78, 5) is 14.8. The monoisotopic (exact) mass is 295 g/mol. The molecule has 3 nitrogen and oxygen atoms in total. The molecule has 22 heavy (non-hydrogen) atoms. The van der Waals surface area contributed by atoms with Gasteiger partial charge in [0.2, 0.25) is 0 Å². The number of rotatable bonds is 3. The number of para-hydroxylation sites is 1. The highest BCUT2D eigenvalue weighted by molar-refractivity contribution is 6.08. The minimum absolute atomic E-state index is 0.0589. The van der Waals surface area contributed by atoms with Crippen molar-refractivity contribution < 1.29 is 9.53 Å². The van der Waals surface area contributed by atoms with Crippen LogP contribution >= 0.6 is 0 Å². The Bertz CT molecular complexity index is 708. The summed E-state index contributed by atoms with van der Waals surface area (Å²) in [5, 5.41) is 0. The van der Waals surface area contributed by atoms with E-state index in [4.69, 9.17) is 4.74 Å². The molecule has 1 atom stereocenters. The van der Waals surface area contributed by atoms with E-state index < -0.39 is 0 Å². The molecule has 0 fully saturated rings. The maximum atomic E-state index is 12.9. The van der Waals surface area contributed by atoms with E-state index in [-0.39, 0.29) is 11.9 Å². The predicted octanol–water partition coefficient (Wildman–Crippen LogP) is 3.99. The van der Waals surface area contributed by atoms with Crippen LogP contribution in [0.1, 0.15) is 35.3 Å². The highest BCUT2D eigenvalue weighted by Crippen LogP contribution is 2.33. The lowest BCUT2D eigenvalue weighted by Gasteiger charge is -2.23. The van der Waals surface area contributed by atoms with Gasteiger partial charge in [-0.1, -0.05) is 18.2 Å². The molecule has 2 aromatic carbocycles. The predicted molar refractivity (Wildman–Crippen MR) is 88.8 cm³/mol. The first-order valence-corrected chi connectivity index (χ1v) is 7.76. The maximum absolute atomic E-state index is 12.9. The van der Waals surface area contributed by atoms with Crippen molar-refractivity contribution in [2.75, 3.05) is 11.5 Å². The van der Waals surface area contributed by atoms with Crippen molar-refractivity contribution >= 4 is 11.6 Å². The van der Waals surface area contributed by atoms with Gasteiger partial charge in [0.05, 0.1) is 6.61 Å². The van der Waals surface area contributed by atoms with Gasteiger partial charge in [0.1, 0.15) is 5.75 Å². The smallest absolute Gasteiger partial charge is 0.258 e. The Morgan fingerprint density at radius 3 is 2.77 bits per heavy atom. The van der Waals surface area contributed by atoms with Crippen LogP contribution in [0.25, 0.3) is 0 Å². The van der Waals surface area contributed by atoms with E-state index in [1.807, 2.05) is 55.1 Å². The zero-order valence-corrected chi connectivity index (χ0v) is 13.3. The SMILES string of the molecule is CCOc1ccc(C(=O)N2c3ccccc3C[C@H]2C)cc1C. The van der Waals surface area contributed by atoms with Gasteiger partial charge in [-0.25, -0.2) is 0 Å². The third-order valence-electron chi connectivity index (χ3n) is 4.15. The molecule has 0 N–H and O–H groups in total. The molecule has 0 aliphatic carbocycles. The molecule has 2 aromatic rings. The van der Waals surface area contributed by atoms with Crippen LogP contribution in [0.5, 0.6) is 5.75 Å². The van der Waals surface area contributed by atoms with Gasteiger partial charge in [-0.05, 0) is 62.6 Å². The van der Waals surface area contributed by atoms with Crippen molar-refractivity contribution in [3.8, 4) is 5.75 Å². The van der Waals surface area contributed by atoms with Crippen molar-refractivity contribution in [1.29, 1.82) is 0 Å². The van der Waals surface area contributed by atoms with Crippen LogP contribution in [-0.2, 0) is 6.42 Å². The van der Waals surface area contributed by atoms with Crippen molar-refractivity contribution in [2.24, 2.45) is 0 Å². The highest BCUT2D eigenvalue weighted by atomic mass is 16.5. The fraction of sp³-hybridized carbons (Fsp3) is 0.316. The Morgan fingerprint density at radius 2 is 2.05 bits per heavy atom. The first-order valence-electron chi connectivity index (χ1n) is 7.76. The van der Waals surface area contributed by atoms with E-state index >= 15 is 0 Å². The molecule has 0 saturated carbocycles. The number of carbonyl (C=O) groups excluding carboxylic acids is 1. The van der Waals surface area contributed by atoms with E-state index in [1.54, 1.807) is 0 Å². The minimum atomic E-state index is 0.0589. The molecule has 0 bridgehead atoms. The van der Waals surface area contributed by atoms with Gasteiger partial charge in [0.15, 0.2) is 0 Å². The lowest BCUT2D eigenvalue weighted by atomic mass is 10.1. The van der Waals surface area contributed by atoms with Crippen molar-refractivity contribution in [3.63, 3.8) is 0 Å². The maximum Gasteiger partial charge on any atom is 0.258 e. The fourth-order valence-electron chi connectivity index (χ4n) is 3.11. The van der Waals surface area contributed by atoms with Crippen LogP contribution in [0.3, 0.4) is 0 Å². The van der Waals surface area contributed by atoms with Crippen LogP contribution in [-0.4, -0.2) is 18.6 Å². The second-order valence-electron chi connectivity index (χ2n) is 5.77. The van der Waals surface area contributed by atoms with Crippen molar-refractivity contribution in [2.45, 2.75) is 33.2 Å². The molecule has 1 heterocycles. The summed E-state index contributed by atoms with van der Waals surface area (Å²) in [6.07, 6.45) is 0.915. The van der Waals surface area contributed by atoms with E-state index in [1.165, 1.54) is 5.56 Å². The Hall–Kier alpha value is -2.29.